The quantitative estimate of drug-likeness (QED) is 0.186. The van der Waals surface area contributed by atoms with Gasteiger partial charge in [0, 0.05) is 16.7 Å². The molecular weight excluding hydrogens is 553 g/mol. The van der Waals surface area contributed by atoms with Crippen molar-refractivity contribution in [3.8, 4) is 45.3 Å². The van der Waals surface area contributed by atoms with Gasteiger partial charge in [0.1, 0.15) is 0 Å². The Bertz CT molecular complexity index is 1880. The van der Waals surface area contributed by atoms with Crippen LogP contribution in [-0.4, -0.2) is 33.3 Å². The molecule has 0 amide bonds. The van der Waals surface area contributed by atoms with Gasteiger partial charge in [0.25, 0.3) is 0 Å². The first-order valence-corrected chi connectivity index (χ1v) is 15.6. The summed E-state index contributed by atoms with van der Waals surface area (Å²) in [7, 11) is -0.430. The van der Waals surface area contributed by atoms with E-state index in [0.717, 1.165) is 51.7 Å². The SMILES string of the molecule is CC1(C)OB(c2ccc(-c3nc(-c4ccccc4)nc(-c4cc(C5=CCCC=C5)cc(-c5ccccc5)c4)n3)cc2)OC1(C)C. The van der Waals surface area contributed by atoms with E-state index in [1.807, 2.05) is 60.7 Å². The molecule has 7 rings (SSSR count). The lowest BCUT2D eigenvalue weighted by atomic mass is 9.79. The lowest BCUT2D eigenvalue weighted by Crippen LogP contribution is -2.41. The van der Waals surface area contributed by atoms with Crippen LogP contribution >= 0.6 is 0 Å². The number of hydrogen-bond acceptors (Lipinski definition) is 5. The first kappa shape index (κ1) is 29.1. The van der Waals surface area contributed by atoms with Gasteiger partial charge in [-0.15, -0.1) is 0 Å². The first-order chi connectivity index (χ1) is 21.8. The highest BCUT2D eigenvalue weighted by molar-refractivity contribution is 6.62. The summed E-state index contributed by atoms with van der Waals surface area (Å²) in [6.07, 6.45) is 8.87. The van der Waals surface area contributed by atoms with Crippen LogP contribution in [-0.2, 0) is 9.31 Å². The minimum absolute atomic E-state index is 0.402. The van der Waals surface area contributed by atoms with Gasteiger partial charge in [0.2, 0.25) is 0 Å². The van der Waals surface area contributed by atoms with Crippen molar-refractivity contribution < 1.29 is 9.31 Å². The highest BCUT2D eigenvalue weighted by Gasteiger charge is 2.51. The van der Waals surface area contributed by atoms with E-state index in [4.69, 9.17) is 24.3 Å². The Morgan fingerprint density at radius 3 is 1.62 bits per heavy atom. The Morgan fingerprint density at radius 1 is 0.533 bits per heavy atom. The molecule has 2 heterocycles. The number of rotatable bonds is 6. The van der Waals surface area contributed by atoms with Crippen molar-refractivity contribution in [2.45, 2.75) is 51.7 Å². The van der Waals surface area contributed by atoms with Crippen molar-refractivity contribution in [3.63, 3.8) is 0 Å². The Morgan fingerprint density at radius 2 is 1.04 bits per heavy atom. The number of benzene rings is 4. The maximum absolute atomic E-state index is 6.29. The van der Waals surface area contributed by atoms with E-state index in [9.17, 15) is 0 Å². The Kier molecular flexibility index (Phi) is 7.56. The van der Waals surface area contributed by atoms with E-state index in [1.165, 1.54) is 5.57 Å². The summed E-state index contributed by atoms with van der Waals surface area (Å²) in [5, 5.41) is 0. The molecule has 1 aliphatic heterocycles. The van der Waals surface area contributed by atoms with Crippen LogP contribution in [0.15, 0.2) is 121 Å². The molecule has 5 aromatic rings. The summed E-state index contributed by atoms with van der Waals surface area (Å²) in [5.74, 6) is 1.88. The molecular formula is C39H36BN3O2. The molecule has 1 fully saturated rings. The van der Waals surface area contributed by atoms with E-state index in [1.54, 1.807) is 0 Å². The zero-order valence-corrected chi connectivity index (χ0v) is 26.2. The van der Waals surface area contributed by atoms with Crippen molar-refractivity contribution in [3.05, 3.63) is 127 Å². The summed E-state index contributed by atoms with van der Waals surface area (Å²) < 4.78 is 12.6. The van der Waals surface area contributed by atoms with E-state index in [-0.39, 0.29) is 0 Å². The molecule has 222 valence electrons. The number of hydrogen-bond donors (Lipinski definition) is 0. The molecule has 0 bridgehead atoms. The van der Waals surface area contributed by atoms with Crippen molar-refractivity contribution in [1.29, 1.82) is 0 Å². The van der Waals surface area contributed by atoms with E-state index < -0.39 is 18.3 Å². The fourth-order valence-electron chi connectivity index (χ4n) is 5.67. The fraction of sp³-hybridized carbons (Fsp3) is 0.205. The van der Waals surface area contributed by atoms with E-state index in [0.29, 0.717) is 17.5 Å². The van der Waals surface area contributed by atoms with Crippen molar-refractivity contribution in [1.82, 2.24) is 15.0 Å². The highest BCUT2D eigenvalue weighted by Crippen LogP contribution is 2.37. The molecule has 0 atom stereocenters. The first-order valence-electron chi connectivity index (χ1n) is 15.6. The van der Waals surface area contributed by atoms with Crippen LogP contribution in [0.1, 0.15) is 46.1 Å². The van der Waals surface area contributed by atoms with Gasteiger partial charge in [-0.25, -0.2) is 15.0 Å². The normalized spacial score (nSPS) is 16.9. The molecule has 1 saturated heterocycles. The molecule has 1 aliphatic carbocycles. The van der Waals surface area contributed by atoms with E-state index in [2.05, 4.69) is 88.4 Å². The van der Waals surface area contributed by atoms with Crippen molar-refractivity contribution >= 4 is 18.2 Å². The van der Waals surface area contributed by atoms with Gasteiger partial charge in [-0.1, -0.05) is 103 Å². The monoisotopic (exact) mass is 589 g/mol. The second-order valence-electron chi connectivity index (χ2n) is 12.7. The van der Waals surface area contributed by atoms with Gasteiger partial charge in [-0.3, -0.25) is 0 Å². The third-order valence-electron chi connectivity index (χ3n) is 8.99. The molecule has 1 aromatic heterocycles. The van der Waals surface area contributed by atoms with Gasteiger partial charge in [0.15, 0.2) is 17.5 Å². The summed E-state index contributed by atoms with van der Waals surface area (Å²) in [6, 6.07) is 35.4. The van der Waals surface area contributed by atoms with Crippen LogP contribution in [0, 0.1) is 0 Å². The van der Waals surface area contributed by atoms with Crippen LogP contribution in [0.3, 0.4) is 0 Å². The third kappa shape index (κ3) is 5.91. The average Bonchev–Trinajstić information content (AvgIpc) is 3.31. The Labute approximate surface area is 265 Å². The van der Waals surface area contributed by atoms with Crippen LogP contribution in [0.5, 0.6) is 0 Å². The second-order valence-corrected chi connectivity index (χ2v) is 12.7. The zero-order valence-electron chi connectivity index (χ0n) is 26.2. The maximum atomic E-state index is 6.29. The van der Waals surface area contributed by atoms with Gasteiger partial charge in [-0.2, -0.15) is 0 Å². The highest BCUT2D eigenvalue weighted by atomic mass is 16.7. The summed E-state index contributed by atoms with van der Waals surface area (Å²) in [5.41, 5.74) is 7.58. The third-order valence-corrected chi connectivity index (χ3v) is 8.99. The lowest BCUT2D eigenvalue weighted by Gasteiger charge is -2.32. The van der Waals surface area contributed by atoms with Gasteiger partial charge in [-0.05, 0) is 86.5 Å². The number of allylic oxidation sites excluding steroid dienone is 4. The molecule has 0 radical (unpaired) electrons. The minimum Gasteiger partial charge on any atom is -0.399 e. The average molecular weight is 590 g/mol. The molecule has 2 aliphatic rings. The molecule has 0 saturated carbocycles. The van der Waals surface area contributed by atoms with Crippen molar-refractivity contribution in [2.24, 2.45) is 0 Å². The second kappa shape index (κ2) is 11.7. The molecule has 6 heteroatoms. The van der Waals surface area contributed by atoms with Gasteiger partial charge in [0.05, 0.1) is 11.2 Å². The molecule has 5 nitrogen and oxygen atoms in total. The fourth-order valence-corrected chi connectivity index (χ4v) is 5.67. The molecule has 0 spiro atoms. The van der Waals surface area contributed by atoms with Crippen LogP contribution in [0.2, 0.25) is 0 Å². The van der Waals surface area contributed by atoms with E-state index >= 15 is 0 Å². The van der Waals surface area contributed by atoms with Crippen LogP contribution in [0.25, 0.3) is 50.9 Å². The summed E-state index contributed by atoms with van der Waals surface area (Å²) in [6.45, 7) is 8.27. The minimum atomic E-state index is -0.430. The Balaban J connectivity index is 1.33. The van der Waals surface area contributed by atoms with Gasteiger partial charge >= 0.3 is 7.12 Å². The number of nitrogens with zero attached hydrogens (tertiary/aromatic N) is 3. The predicted molar refractivity (Wildman–Crippen MR) is 184 cm³/mol. The topological polar surface area (TPSA) is 57.1 Å². The van der Waals surface area contributed by atoms with Crippen LogP contribution in [0.4, 0.5) is 0 Å². The predicted octanol–water partition coefficient (Wildman–Crippen LogP) is 8.57. The standard InChI is InChI=1S/C39H36BN3O2/c1-38(2)39(3,4)45-40(44-38)34-22-20-30(21-23-34)36-41-35(29-18-12-7-13-19-29)42-37(43-36)33-25-31(27-14-8-5-9-15-27)24-32(26-33)28-16-10-6-11-17-28/h5,7-10,12-26H,6,11H2,1-4H3. The molecule has 0 unspecified atom stereocenters. The Hall–Kier alpha value is -4.65. The lowest BCUT2D eigenvalue weighted by molar-refractivity contribution is 0.00578. The number of aromatic nitrogens is 3. The molecule has 4 aromatic carbocycles. The maximum Gasteiger partial charge on any atom is 0.494 e. The smallest absolute Gasteiger partial charge is 0.399 e. The van der Waals surface area contributed by atoms with Gasteiger partial charge < -0.3 is 9.31 Å². The zero-order chi connectivity index (χ0) is 31.0. The van der Waals surface area contributed by atoms with Crippen molar-refractivity contribution in [2.75, 3.05) is 0 Å². The van der Waals surface area contributed by atoms with Crippen LogP contribution < -0.4 is 5.46 Å². The summed E-state index contributed by atoms with van der Waals surface area (Å²) in [4.78, 5) is 15.1. The largest absolute Gasteiger partial charge is 0.494 e. The summed E-state index contributed by atoms with van der Waals surface area (Å²) >= 11 is 0. The molecule has 0 N–H and O–H groups in total. The molecule has 45 heavy (non-hydrogen) atoms.